The molecule has 0 saturated carbocycles. The molecule has 0 bridgehead atoms. The second kappa shape index (κ2) is 8.48. The second-order valence-corrected chi connectivity index (χ2v) is 5.89. The Morgan fingerprint density at radius 1 is 1.09 bits per heavy atom. The molecule has 5 nitrogen and oxygen atoms in total. The van der Waals surface area contributed by atoms with E-state index >= 15 is 0 Å². The van der Waals surface area contributed by atoms with Gasteiger partial charge < -0.3 is 15.1 Å². The Labute approximate surface area is 139 Å². The van der Waals surface area contributed by atoms with E-state index < -0.39 is 0 Å². The summed E-state index contributed by atoms with van der Waals surface area (Å²) in [6.07, 6.45) is 0. The standard InChI is InChI=1S/C18H27N5/c1-5-23(14-16-9-7-6-8-10-16)18-13-17(20-15(2)21-18)19-11-12-22(3)4/h6-10,13H,5,11-12,14H2,1-4H3,(H,19,20,21). The number of nitrogens with one attached hydrogen (secondary N) is 1. The van der Waals surface area contributed by atoms with Crippen LogP contribution in [0.1, 0.15) is 18.3 Å². The van der Waals surface area contributed by atoms with Crippen molar-refractivity contribution in [2.24, 2.45) is 0 Å². The molecule has 23 heavy (non-hydrogen) atoms. The third-order valence-electron chi connectivity index (χ3n) is 3.61. The largest absolute Gasteiger partial charge is 0.369 e. The average molecular weight is 313 g/mol. The SMILES string of the molecule is CCN(Cc1ccccc1)c1cc(NCCN(C)C)nc(C)n1. The Morgan fingerprint density at radius 2 is 1.83 bits per heavy atom. The number of hydrogen-bond donors (Lipinski definition) is 1. The number of hydrogen-bond acceptors (Lipinski definition) is 5. The summed E-state index contributed by atoms with van der Waals surface area (Å²) in [5.74, 6) is 2.65. The van der Waals surface area contributed by atoms with Crippen molar-refractivity contribution in [3.8, 4) is 0 Å². The number of nitrogens with zero attached hydrogens (tertiary/aromatic N) is 4. The second-order valence-electron chi connectivity index (χ2n) is 5.89. The van der Waals surface area contributed by atoms with Crippen LogP contribution in [0.4, 0.5) is 11.6 Å². The van der Waals surface area contributed by atoms with Crippen molar-refractivity contribution in [1.82, 2.24) is 14.9 Å². The molecule has 0 atom stereocenters. The molecule has 0 aliphatic heterocycles. The molecule has 0 unspecified atom stereocenters. The molecule has 0 radical (unpaired) electrons. The normalized spacial score (nSPS) is 10.8. The van der Waals surface area contributed by atoms with Crippen LogP contribution >= 0.6 is 0 Å². The van der Waals surface area contributed by atoms with E-state index in [0.717, 1.165) is 43.6 Å². The van der Waals surface area contributed by atoms with Crippen LogP contribution in [0.5, 0.6) is 0 Å². The minimum absolute atomic E-state index is 0.793. The molecule has 5 heteroatoms. The summed E-state index contributed by atoms with van der Waals surface area (Å²) in [6.45, 7) is 7.69. The monoisotopic (exact) mass is 313 g/mol. The fourth-order valence-corrected chi connectivity index (χ4v) is 2.37. The van der Waals surface area contributed by atoms with Crippen LogP contribution in [0.15, 0.2) is 36.4 Å². The highest BCUT2D eigenvalue weighted by atomic mass is 15.2. The Bertz CT molecular complexity index is 598. The number of anilines is 2. The lowest BCUT2D eigenvalue weighted by atomic mass is 10.2. The molecule has 1 heterocycles. The van der Waals surface area contributed by atoms with Crippen LogP contribution in [0.2, 0.25) is 0 Å². The van der Waals surface area contributed by atoms with E-state index in [0.29, 0.717) is 0 Å². The minimum Gasteiger partial charge on any atom is -0.369 e. The molecule has 0 aliphatic rings. The van der Waals surface area contributed by atoms with Gasteiger partial charge in [-0.15, -0.1) is 0 Å². The maximum atomic E-state index is 4.61. The summed E-state index contributed by atoms with van der Waals surface area (Å²) < 4.78 is 0. The summed E-state index contributed by atoms with van der Waals surface area (Å²) in [5, 5.41) is 3.38. The first kappa shape index (κ1) is 17.2. The summed E-state index contributed by atoms with van der Waals surface area (Å²) in [7, 11) is 4.13. The zero-order valence-corrected chi connectivity index (χ0v) is 14.6. The van der Waals surface area contributed by atoms with E-state index in [2.05, 4.69) is 70.4 Å². The van der Waals surface area contributed by atoms with Gasteiger partial charge in [0.15, 0.2) is 0 Å². The van der Waals surface area contributed by atoms with E-state index in [4.69, 9.17) is 0 Å². The zero-order valence-electron chi connectivity index (χ0n) is 14.6. The molecule has 2 aromatic rings. The van der Waals surface area contributed by atoms with Gasteiger partial charge in [-0.1, -0.05) is 30.3 Å². The maximum Gasteiger partial charge on any atom is 0.134 e. The van der Waals surface area contributed by atoms with Gasteiger partial charge in [-0.25, -0.2) is 9.97 Å². The fourth-order valence-electron chi connectivity index (χ4n) is 2.37. The van der Waals surface area contributed by atoms with Crippen LogP contribution in [-0.4, -0.2) is 48.6 Å². The van der Waals surface area contributed by atoms with Crippen molar-refractivity contribution in [2.45, 2.75) is 20.4 Å². The summed E-state index contributed by atoms with van der Waals surface area (Å²) in [4.78, 5) is 13.5. The number of rotatable bonds is 8. The van der Waals surface area contributed by atoms with Gasteiger partial charge in [0, 0.05) is 32.2 Å². The molecule has 1 aromatic heterocycles. The van der Waals surface area contributed by atoms with Gasteiger partial charge in [0.2, 0.25) is 0 Å². The number of aryl methyl sites for hydroxylation is 1. The first-order chi connectivity index (χ1) is 11.1. The van der Waals surface area contributed by atoms with E-state index in [1.165, 1.54) is 5.56 Å². The molecular weight excluding hydrogens is 286 g/mol. The summed E-state index contributed by atoms with van der Waals surface area (Å²) in [5.41, 5.74) is 1.28. The van der Waals surface area contributed by atoms with Crippen molar-refractivity contribution in [2.75, 3.05) is 43.9 Å². The predicted molar refractivity (Wildman–Crippen MR) is 97.0 cm³/mol. The van der Waals surface area contributed by atoms with E-state index in [1.54, 1.807) is 0 Å². The van der Waals surface area contributed by atoms with Crippen molar-refractivity contribution < 1.29 is 0 Å². The highest BCUT2D eigenvalue weighted by Gasteiger charge is 2.09. The van der Waals surface area contributed by atoms with Gasteiger partial charge in [0.05, 0.1) is 0 Å². The smallest absolute Gasteiger partial charge is 0.134 e. The lowest BCUT2D eigenvalue weighted by Crippen LogP contribution is -2.24. The Kier molecular flexibility index (Phi) is 6.35. The van der Waals surface area contributed by atoms with Crippen molar-refractivity contribution >= 4 is 11.6 Å². The first-order valence-electron chi connectivity index (χ1n) is 8.11. The number of aromatic nitrogens is 2. The highest BCUT2D eigenvalue weighted by Crippen LogP contribution is 2.18. The molecule has 1 aromatic carbocycles. The van der Waals surface area contributed by atoms with E-state index in [-0.39, 0.29) is 0 Å². The molecule has 0 aliphatic carbocycles. The van der Waals surface area contributed by atoms with Crippen molar-refractivity contribution in [1.29, 1.82) is 0 Å². The molecule has 0 amide bonds. The van der Waals surface area contributed by atoms with Crippen molar-refractivity contribution in [3.05, 3.63) is 47.8 Å². The quantitative estimate of drug-likeness (QED) is 0.812. The van der Waals surface area contributed by atoms with Crippen LogP contribution in [0, 0.1) is 6.92 Å². The third-order valence-corrected chi connectivity index (χ3v) is 3.61. The molecular formula is C18H27N5. The summed E-state index contributed by atoms with van der Waals surface area (Å²) >= 11 is 0. The number of likely N-dealkylation sites (N-methyl/N-ethyl adjacent to an activating group) is 1. The Hall–Kier alpha value is -2.14. The molecule has 124 valence electrons. The lowest BCUT2D eigenvalue weighted by molar-refractivity contribution is 0.425. The average Bonchev–Trinajstić information content (AvgIpc) is 2.52. The van der Waals surface area contributed by atoms with Crippen LogP contribution in [0.25, 0.3) is 0 Å². The van der Waals surface area contributed by atoms with Crippen LogP contribution < -0.4 is 10.2 Å². The van der Waals surface area contributed by atoms with Gasteiger partial charge in [-0.05, 0) is 33.5 Å². The molecule has 0 spiro atoms. The van der Waals surface area contributed by atoms with Crippen molar-refractivity contribution in [3.63, 3.8) is 0 Å². The van der Waals surface area contributed by atoms with Gasteiger partial charge >= 0.3 is 0 Å². The van der Waals surface area contributed by atoms with Crippen LogP contribution in [-0.2, 0) is 6.54 Å². The third kappa shape index (κ3) is 5.53. The van der Waals surface area contributed by atoms with Gasteiger partial charge in [-0.2, -0.15) is 0 Å². The van der Waals surface area contributed by atoms with Gasteiger partial charge in [0.1, 0.15) is 17.5 Å². The first-order valence-corrected chi connectivity index (χ1v) is 8.11. The zero-order chi connectivity index (χ0) is 16.7. The Morgan fingerprint density at radius 3 is 2.48 bits per heavy atom. The fraction of sp³-hybridized carbons (Fsp3) is 0.444. The highest BCUT2D eigenvalue weighted by molar-refractivity contribution is 5.49. The molecule has 0 saturated heterocycles. The van der Waals surface area contributed by atoms with Gasteiger partial charge in [0.25, 0.3) is 0 Å². The minimum atomic E-state index is 0.793. The van der Waals surface area contributed by atoms with Crippen LogP contribution in [0.3, 0.4) is 0 Å². The molecule has 0 fully saturated rings. The molecule has 1 N–H and O–H groups in total. The van der Waals surface area contributed by atoms with E-state index in [1.807, 2.05) is 19.1 Å². The van der Waals surface area contributed by atoms with Gasteiger partial charge in [-0.3, -0.25) is 0 Å². The predicted octanol–water partition coefficient (Wildman–Crippen LogP) is 2.79. The van der Waals surface area contributed by atoms with E-state index in [9.17, 15) is 0 Å². The number of benzene rings is 1. The Balaban J connectivity index is 2.11. The lowest BCUT2D eigenvalue weighted by Gasteiger charge is -2.23. The summed E-state index contributed by atoms with van der Waals surface area (Å²) in [6, 6.07) is 12.5. The molecule has 2 rings (SSSR count). The maximum absolute atomic E-state index is 4.61. The topological polar surface area (TPSA) is 44.3 Å².